The van der Waals surface area contributed by atoms with E-state index in [-0.39, 0.29) is 0 Å². The maximum absolute atomic E-state index is 10.9. The van der Waals surface area contributed by atoms with E-state index in [0.29, 0.717) is 4.88 Å². The molecule has 2 atom stereocenters. The highest BCUT2D eigenvalue weighted by molar-refractivity contribution is 7.12. The van der Waals surface area contributed by atoms with Crippen LogP contribution in [0.5, 0.6) is 0 Å². The molecule has 0 aromatic carbocycles. The van der Waals surface area contributed by atoms with Gasteiger partial charge in [0.25, 0.3) is 0 Å². The second-order valence-corrected chi connectivity index (χ2v) is 5.67. The molecule has 4 heteroatoms. The van der Waals surface area contributed by atoms with E-state index in [2.05, 4.69) is 18.9 Å². The number of thiophene rings is 1. The van der Waals surface area contributed by atoms with Crippen LogP contribution in [-0.2, 0) is 6.54 Å². The number of nitrogens with zero attached hydrogens (tertiary/aromatic N) is 1. The van der Waals surface area contributed by atoms with Crippen LogP contribution >= 0.6 is 11.3 Å². The van der Waals surface area contributed by atoms with Gasteiger partial charge in [0.15, 0.2) is 0 Å². The third-order valence-electron chi connectivity index (χ3n) is 3.20. The number of carbonyl (C=O) groups is 1. The smallest absolute Gasteiger partial charge is 0.346 e. The lowest BCUT2D eigenvalue weighted by Crippen LogP contribution is -2.21. The molecule has 1 aliphatic carbocycles. The third kappa shape index (κ3) is 2.62. The van der Waals surface area contributed by atoms with E-state index in [1.165, 1.54) is 17.8 Å². The first-order valence-electron chi connectivity index (χ1n) is 5.56. The van der Waals surface area contributed by atoms with Crippen molar-refractivity contribution in [2.75, 3.05) is 13.6 Å². The monoisotopic (exact) mass is 239 g/mol. The van der Waals surface area contributed by atoms with Gasteiger partial charge in [-0.15, -0.1) is 11.3 Å². The predicted molar refractivity (Wildman–Crippen MR) is 64.9 cm³/mol. The molecular formula is C12H17NO2S. The van der Waals surface area contributed by atoms with Crippen LogP contribution < -0.4 is 0 Å². The lowest BCUT2D eigenvalue weighted by molar-refractivity contribution is 0.0700. The molecule has 2 unspecified atom stereocenters. The lowest BCUT2D eigenvalue weighted by atomic mass is 10.2. The lowest BCUT2D eigenvalue weighted by Gasteiger charge is -2.16. The largest absolute Gasteiger partial charge is 0.477 e. The molecule has 0 aliphatic heterocycles. The van der Waals surface area contributed by atoms with Crippen molar-refractivity contribution < 1.29 is 9.90 Å². The Labute approximate surface area is 99.7 Å². The fraction of sp³-hybridized carbons (Fsp3) is 0.583. The zero-order chi connectivity index (χ0) is 11.7. The zero-order valence-corrected chi connectivity index (χ0v) is 10.5. The van der Waals surface area contributed by atoms with Crippen LogP contribution in [0, 0.1) is 11.8 Å². The van der Waals surface area contributed by atoms with Gasteiger partial charge in [0.1, 0.15) is 4.88 Å². The van der Waals surface area contributed by atoms with Crippen molar-refractivity contribution in [3.63, 3.8) is 0 Å². The molecule has 1 N–H and O–H groups in total. The first-order valence-corrected chi connectivity index (χ1v) is 6.44. The van der Waals surface area contributed by atoms with Gasteiger partial charge in [0.2, 0.25) is 0 Å². The number of aromatic carboxylic acids is 1. The van der Waals surface area contributed by atoms with Gasteiger partial charge in [0.05, 0.1) is 0 Å². The van der Waals surface area contributed by atoms with Gasteiger partial charge in [-0.2, -0.15) is 0 Å². The van der Waals surface area contributed by atoms with Crippen LogP contribution in [0.25, 0.3) is 0 Å². The van der Waals surface area contributed by atoms with Crippen LogP contribution in [0.15, 0.2) is 11.4 Å². The normalized spacial score (nSPS) is 23.7. The quantitative estimate of drug-likeness (QED) is 0.858. The van der Waals surface area contributed by atoms with Crippen molar-refractivity contribution in [3.8, 4) is 0 Å². The molecule has 1 aromatic heterocycles. The third-order valence-corrected chi connectivity index (χ3v) is 4.15. The van der Waals surface area contributed by atoms with Crippen molar-refractivity contribution in [1.29, 1.82) is 0 Å². The van der Waals surface area contributed by atoms with Crippen LogP contribution in [-0.4, -0.2) is 29.6 Å². The molecule has 16 heavy (non-hydrogen) atoms. The van der Waals surface area contributed by atoms with Crippen LogP contribution in [0.2, 0.25) is 0 Å². The fourth-order valence-electron chi connectivity index (χ4n) is 2.06. The Kier molecular flexibility index (Phi) is 3.30. The Morgan fingerprint density at radius 2 is 2.38 bits per heavy atom. The Hall–Kier alpha value is -0.870. The van der Waals surface area contributed by atoms with Crippen LogP contribution in [0.3, 0.4) is 0 Å². The van der Waals surface area contributed by atoms with Crippen LogP contribution in [0.1, 0.15) is 28.6 Å². The highest BCUT2D eigenvalue weighted by atomic mass is 32.1. The number of carboxylic acid groups (broad SMARTS) is 1. The van der Waals surface area contributed by atoms with E-state index >= 15 is 0 Å². The summed E-state index contributed by atoms with van der Waals surface area (Å²) in [5, 5.41) is 10.8. The summed E-state index contributed by atoms with van der Waals surface area (Å²) < 4.78 is 0. The maximum atomic E-state index is 10.9. The summed E-state index contributed by atoms with van der Waals surface area (Å²) in [5.74, 6) is 0.860. The van der Waals surface area contributed by atoms with Gasteiger partial charge in [-0.1, -0.05) is 6.92 Å². The second-order valence-electron chi connectivity index (χ2n) is 4.75. The first kappa shape index (κ1) is 11.6. The van der Waals surface area contributed by atoms with E-state index in [9.17, 15) is 4.79 Å². The fourth-order valence-corrected chi connectivity index (χ4v) is 2.81. The van der Waals surface area contributed by atoms with Crippen molar-refractivity contribution in [2.45, 2.75) is 19.9 Å². The Morgan fingerprint density at radius 1 is 1.69 bits per heavy atom. The molecule has 1 saturated carbocycles. The number of hydrogen-bond donors (Lipinski definition) is 1. The van der Waals surface area contributed by atoms with Crippen molar-refractivity contribution in [2.24, 2.45) is 11.8 Å². The molecule has 3 nitrogen and oxygen atoms in total. The number of carboxylic acids is 1. The minimum atomic E-state index is -0.807. The highest BCUT2D eigenvalue weighted by Crippen LogP contribution is 2.38. The molecule has 0 amide bonds. The van der Waals surface area contributed by atoms with Gasteiger partial charge in [-0.3, -0.25) is 0 Å². The Morgan fingerprint density at radius 3 is 2.94 bits per heavy atom. The summed E-state index contributed by atoms with van der Waals surface area (Å²) in [4.78, 5) is 13.6. The molecular weight excluding hydrogens is 222 g/mol. The standard InChI is InChI=1S/C12H17NO2S/c1-8-5-10(8)7-13(2)6-9-3-4-16-11(9)12(14)15/h3-4,8,10H,5-7H2,1-2H3,(H,14,15). The average molecular weight is 239 g/mol. The molecule has 1 heterocycles. The van der Waals surface area contributed by atoms with Crippen molar-refractivity contribution >= 4 is 17.3 Å². The molecule has 2 rings (SSSR count). The van der Waals surface area contributed by atoms with E-state index in [1.807, 2.05) is 11.4 Å². The minimum Gasteiger partial charge on any atom is -0.477 e. The summed E-state index contributed by atoms with van der Waals surface area (Å²) in [7, 11) is 2.06. The maximum Gasteiger partial charge on any atom is 0.346 e. The molecule has 0 spiro atoms. The summed E-state index contributed by atoms with van der Waals surface area (Å²) in [6, 6.07) is 1.92. The molecule has 0 saturated heterocycles. The second kappa shape index (κ2) is 4.55. The Balaban J connectivity index is 1.92. The van der Waals surface area contributed by atoms with Gasteiger partial charge in [0, 0.05) is 13.1 Å². The summed E-state index contributed by atoms with van der Waals surface area (Å²) in [6.45, 7) is 4.09. The van der Waals surface area contributed by atoms with Crippen molar-refractivity contribution in [1.82, 2.24) is 4.90 Å². The molecule has 0 bridgehead atoms. The summed E-state index contributed by atoms with van der Waals surface area (Å²) in [6.07, 6.45) is 1.32. The van der Waals surface area contributed by atoms with Gasteiger partial charge in [-0.05, 0) is 42.3 Å². The minimum absolute atomic E-state index is 0.482. The zero-order valence-electron chi connectivity index (χ0n) is 9.64. The first-order chi connectivity index (χ1) is 7.58. The molecule has 88 valence electrons. The van der Waals surface area contributed by atoms with Gasteiger partial charge >= 0.3 is 5.97 Å². The molecule has 1 fully saturated rings. The average Bonchev–Trinajstić information content (AvgIpc) is 2.72. The molecule has 1 aromatic rings. The predicted octanol–water partition coefficient (Wildman–Crippen LogP) is 2.53. The highest BCUT2D eigenvalue weighted by Gasteiger charge is 2.33. The van der Waals surface area contributed by atoms with E-state index < -0.39 is 5.97 Å². The number of hydrogen-bond acceptors (Lipinski definition) is 3. The Bertz CT molecular complexity index is 388. The summed E-state index contributed by atoms with van der Waals surface area (Å²) >= 11 is 1.31. The molecule has 0 radical (unpaired) electrons. The summed E-state index contributed by atoms with van der Waals surface area (Å²) in [5.41, 5.74) is 0.938. The SMILES string of the molecule is CC1CC1CN(C)Cc1ccsc1C(=O)O. The molecule has 1 aliphatic rings. The topological polar surface area (TPSA) is 40.5 Å². The number of rotatable bonds is 5. The van der Waals surface area contributed by atoms with Gasteiger partial charge in [-0.25, -0.2) is 4.79 Å². The van der Waals surface area contributed by atoms with E-state index in [4.69, 9.17) is 5.11 Å². The van der Waals surface area contributed by atoms with Crippen LogP contribution in [0.4, 0.5) is 0 Å². The van der Waals surface area contributed by atoms with Gasteiger partial charge < -0.3 is 10.0 Å². The van der Waals surface area contributed by atoms with E-state index in [1.54, 1.807) is 0 Å². The van der Waals surface area contributed by atoms with Crippen molar-refractivity contribution in [3.05, 3.63) is 21.9 Å². The van der Waals surface area contributed by atoms with E-state index in [0.717, 1.165) is 30.5 Å².